The molecule has 1 heterocycles. The summed E-state index contributed by atoms with van der Waals surface area (Å²) in [6, 6.07) is 0. The van der Waals surface area contributed by atoms with E-state index >= 15 is 0 Å². The number of hydrogen-bond acceptors (Lipinski definition) is 3. The number of rotatable bonds is 5. The van der Waals surface area contributed by atoms with Gasteiger partial charge in [0.25, 0.3) is 0 Å². The molecule has 1 aliphatic rings. The van der Waals surface area contributed by atoms with E-state index in [0.29, 0.717) is 0 Å². The van der Waals surface area contributed by atoms with Crippen LogP contribution in [-0.2, 0) is 6.54 Å². The van der Waals surface area contributed by atoms with Crippen molar-refractivity contribution in [3.05, 3.63) is 5.82 Å². The Morgan fingerprint density at radius 1 is 1.57 bits per heavy atom. The van der Waals surface area contributed by atoms with Gasteiger partial charge in [0.2, 0.25) is 0 Å². The smallest absolute Gasteiger partial charge is 0.168 e. The van der Waals surface area contributed by atoms with Gasteiger partial charge in [0, 0.05) is 6.54 Å². The molecule has 0 N–H and O–H groups in total. The predicted octanol–water partition coefficient (Wildman–Crippen LogP) is 2.16. The lowest BCUT2D eigenvalue weighted by molar-refractivity contribution is 0.507. The zero-order chi connectivity index (χ0) is 9.97. The van der Waals surface area contributed by atoms with Crippen LogP contribution in [0.15, 0.2) is 0 Å². The van der Waals surface area contributed by atoms with E-state index in [1.807, 2.05) is 11.6 Å². The summed E-state index contributed by atoms with van der Waals surface area (Å²) >= 11 is 5.94. The number of aryl methyl sites for hydroxylation is 1. The molecule has 5 heteroatoms. The van der Waals surface area contributed by atoms with Crippen LogP contribution in [0.1, 0.15) is 43.8 Å². The molecule has 4 nitrogen and oxygen atoms in total. The Bertz CT molecular complexity index is 293. The Balaban J connectivity index is 1.84. The van der Waals surface area contributed by atoms with E-state index in [-0.39, 0.29) is 5.38 Å². The van der Waals surface area contributed by atoms with Crippen molar-refractivity contribution in [2.24, 2.45) is 5.92 Å². The highest BCUT2D eigenvalue weighted by atomic mass is 35.5. The highest BCUT2D eigenvalue weighted by molar-refractivity contribution is 6.20. The summed E-state index contributed by atoms with van der Waals surface area (Å²) in [7, 11) is 0. The summed E-state index contributed by atoms with van der Waals surface area (Å²) in [5.74, 6) is 1.76. The molecule has 0 spiro atoms. The first kappa shape index (κ1) is 9.90. The lowest BCUT2D eigenvalue weighted by Gasteiger charge is -2.04. The van der Waals surface area contributed by atoms with Gasteiger partial charge < -0.3 is 0 Å². The normalized spacial score (nSPS) is 18.4. The molecule has 1 saturated carbocycles. The van der Waals surface area contributed by atoms with Crippen molar-refractivity contribution in [3.8, 4) is 0 Å². The fraction of sp³-hybridized carbons (Fsp3) is 0.889. The zero-order valence-electron chi connectivity index (χ0n) is 8.36. The molecule has 2 rings (SSSR count). The first-order valence-electron chi connectivity index (χ1n) is 5.17. The van der Waals surface area contributed by atoms with Gasteiger partial charge in [0.15, 0.2) is 5.82 Å². The molecule has 1 aromatic heterocycles. The van der Waals surface area contributed by atoms with Crippen molar-refractivity contribution in [1.82, 2.24) is 20.2 Å². The van der Waals surface area contributed by atoms with Crippen LogP contribution < -0.4 is 0 Å². The Hall–Kier alpha value is -0.640. The van der Waals surface area contributed by atoms with Crippen LogP contribution in [-0.4, -0.2) is 20.2 Å². The topological polar surface area (TPSA) is 43.6 Å². The number of nitrogens with zero attached hydrogens (tertiary/aromatic N) is 4. The van der Waals surface area contributed by atoms with Crippen LogP contribution in [0.2, 0.25) is 0 Å². The Morgan fingerprint density at radius 2 is 2.36 bits per heavy atom. The van der Waals surface area contributed by atoms with E-state index in [1.165, 1.54) is 19.3 Å². The van der Waals surface area contributed by atoms with E-state index in [9.17, 15) is 0 Å². The second-order valence-electron chi connectivity index (χ2n) is 3.96. The average molecular weight is 215 g/mol. The molecule has 0 saturated heterocycles. The zero-order valence-corrected chi connectivity index (χ0v) is 9.11. The maximum absolute atomic E-state index is 5.94. The Kier molecular flexibility index (Phi) is 3.01. The molecular formula is C9H15ClN4. The maximum atomic E-state index is 5.94. The summed E-state index contributed by atoms with van der Waals surface area (Å²) in [4.78, 5) is 0. The maximum Gasteiger partial charge on any atom is 0.168 e. The minimum absolute atomic E-state index is 0.106. The van der Waals surface area contributed by atoms with Gasteiger partial charge in [-0.2, -0.15) is 0 Å². The van der Waals surface area contributed by atoms with E-state index in [0.717, 1.165) is 24.7 Å². The van der Waals surface area contributed by atoms with Crippen molar-refractivity contribution in [2.45, 2.75) is 44.5 Å². The van der Waals surface area contributed by atoms with E-state index in [2.05, 4.69) is 15.5 Å². The molecule has 14 heavy (non-hydrogen) atoms. The number of hydrogen-bond donors (Lipinski definition) is 0. The lowest BCUT2D eigenvalue weighted by Crippen LogP contribution is -2.06. The summed E-state index contributed by atoms with van der Waals surface area (Å²) < 4.78 is 1.82. The van der Waals surface area contributed by atoms with Crippen molar-refractivity contribution >= 4 is 11.6 Å². The third-order valence-electron chi connectivity index (χ3n) is 2.59. The number of halogens is 1. The fourth-order valence-corrected chi connectivity index (χ4v) is 1.75. The third kappa shape index (κ3) is 2.44. The van der Waals surface area contributed by atoms with Gasteiger partial charge >= 0.3 is 0 Å². The van der Waals surface area contributed by atoms with Crippen molar-refractivity contribution in [1.29, 1.82) is 0 Å². The lowest BCUT2D eigenvalue weighted by atomic mass is 10.2. The van der Waals surface area contributed by atoms with Crippen LogP contribution >= 0.6 is 11.6 Å². The largest absolute Gasteiger partial charge is 0.228 e. The van der Waals surface area contributed by atoms with Gasteiger partial charge in [-0.1, -0.05) is 12.8 Å². The molecule has 0 aromatic carbocycles. The molecule has 1 unspecified atom stereocenters. The standard InChI is InChI=1S/C9H15ClN4/c1-7(10)9-11-12-13-14(9)6-2-3-8-4-5-8/h7-8H,2-6H2,1H3. The Morgan fingerprint density at radius 3 is 3.00 bits per heavy atom. The highest BCUT2D eigenvalue weighted by Gasteiger charge is 2.20. The van der Waals surface area contributed by atoms with E-state index in [4.69, 9.17) is 11.6 Å². The van der Waals surface area contributed by atoms with Gasteiger partial charge in [-0.25, -0.2) is 4.68 Å². The van der Waals surface area contributed by atoms with Crippen LogP contribution in [0.3, 0.4) is 0 Å². The minimum Gasteiger partial charge on any atom is -0.228 e. The van der Waals surface area contributed by atoms with Crippen LogP contribution in [0.5, 0.6) is 0 Å². The molecule has 0 bridgehead atoms. The molecule has 0 radical (unpaired) electrons. The quantitative estimate of drug-likeness (QED) is 0.706. The Labute approximate surface area is 88.6 Å². The highest BCUT2D eigenvalue weighted by Crippen LogP contribution is 2.33. The van der Waals surface area contributed by atoms with Crippen LogP contribution in [0.4, 0.5) is 0 Å². The van der Waals surface area contributed by atoms with Crippen molar-refractivity contribution < 1.29 is 0 Å². The summed E-state index contributed by atoms with van der Waals surface area (Å²) in [6.07, 6.45) is 5.28. The summed E-state index contributed by atoms with van der Waals surface area (Å²) in [5.41, 5.74) is 0. The second kappa shape index (κ2) is 4.26. The van der Waals surface area contributed by atoms with Gasteiger partial charge in [-0.05, 0) is 36.1 Å². The molecule has 1 fully saturated rings. The van der Waals surface area contributed by atoms with Crippen LogP contribution in [0, 0.1) is 5.92 Å². The predicted molar refractivity (Wildman–Crippen MR) is 54.0 cm³/mol. The molecular weight excluding hydrogens is 200 g/mol. The SMILES string of the molecule is CC(Cl)c1nnnn1CCCC1CC1. The van der Waals surface area contributed by atoms with Gasteiger partial charge in [0.1, 0.15) is 0 Å². The fourth-order valence-electron chi connectivity index (χ4n) is 1.59. The van der Waals surface area contributed by atoms with E-state index in [1.54, 1.807) is 0 Å². The molecule has 0 amide bonds. The van der Waals surface area contributed by atoms with E-state index < -0.39 is 0 Å². The molecule has 1 aliphatic carbocycles. The van der Waals surface area contributed by atoms with Crippen molar-refractivity contribution in [3.63, 3.8) is 0 Å². The molecule has 78 valence electrons. The molecule has 1 atom stereocenters. The summed E-state index contributed by atoms with van der Waals surface area (Å²) in [5, 5.41) is 11.4. The summed E-state index contributed by atoms with van der Waals surface area (Å²) in [6.45, 7) is 2.79. The number of tetrazole rings is 1. The third-order valence-corrected chi connectivity index (χ3v) is 2.79. The first-order chi connectivity index (χ1) is 6.77. The van der Waals surface area contributed by atoms with Gasteiger partial charge in [0.05, 0.1) is 5.38 Å². The van der Waals surface area contributed by atoms with Crippen molar-refractivity contribution in [2.75, 3.05) is 0 Å². The molecule has 0 aliphatic heterocycles. The average Bonchev–Trinajstić information content (AvgIpc) is 2.82. The number of aromatic nitrogens is 4. The van der Waals surface area contributed by atoms with Crippen LogP contribution in [0.25, 0.3) is 0 Å². The second-order valence-corrected chi connectivity index (χ2v) is 4.62. The van der Waals surface area contributed by atoms with Gasteiger partial charge in [-0.15, -0.1) is 16.7 Å². The first-order valence-corrected chi connectivity index (χ1v) is 5.61. The minimum atomic E-state index is -0.106. The van der Waals surface area contributed by atoms with Gasteiger partial charge in [-0.3, -0.25) is 0 Å². The monoisotopic (exact) mass is 214 g/mol. The molecule has 1 aromatic rings. The number of alkyl halides is 1.